The second-order valence-electron chi connectivity index (χ2n) is 6.53. The molecule has 0 aliphatic carbocycles. The van der Waals surface area contributed by atoms with Gasteiger partial charge in [-0.15, -0.1) is 0 Å². The molecule has 0 atom stereocenters. The summed E-state index contributed by atoms with van der Waals surface area (Å²) in [5.74, 6) is 0.832. The molecule has 0 unspecified atom stereocenters. The fourth-order valence-electron chi connectivity index (χ4n) is 2.64. The summed E-state index contributed by atoms with van der Waals surface area (Å²) in [5, 5.41) is 5.38. The van der Waals surface area contributed by atoms with Gasteiger partial charge in [0.1, 0.15) is 11.5 Å². The summed E-state index contributed by atoms with van der Waals surface area (Å²) in [7, 11) is 0. The molecule has 0 saturated carbocycles. The quantitative estimate of drug-likeness (QED) is 0.597. The molecule has 1 aromatic heterocycles. The first-order chi connectivity index (χ1) is 13.4. The molecule has 3 aromatic rings. The van der Waals surface area contributed by atoms with Crippen molar-refractivity contribution in [1.82, 2.24) is 10.6 Å². The Kier molecular flexibility index (Phi) is 6.31. The molecule has 0 bridgehead atoms. The zero-order valence-electron chi connectivity index (χ0n) is 15.7. The molecule has 0 spiro atoms. The lowest BCUT2D eigenvalue weighted by molar-refractivity contribution is -0.120. The van der Waals surface area contributed by atoms with Crippen LogP contribution in [0.3, 0.4) is 0 Å². The molecule has 2 aromatic carbocycles. The molecule has 1 heterocycles. The van der Waals surface area contributed by atoms with E-state index in [9.17, 15) is 9.59 Å². The summed E-state index contributed by atoms with van der Waals surface area (Å²) < 4.78 is 6.76. The van der Waals surface area contributed by atoms with Crippen LogP contribution in [-0.4, -0.2) is 18.4 Å². The third-order valence-electron chi connectivity index (χ3n) is 4.43. The van der Waals surface area contributed by atoms with Gasteiger partial charge in [0.15, 0.2) is 0 Å². The minimum absolute atomic E-state index is 0.0912. The van der Waals surface area contributed by atoms with E-state index in [4.69, 9.17) is 4.42 Å². The number of halogens is 1. The van der Waals surface area contributed by atoms with Crippen LogP contribution in [-0.2, 0) is 11.3 Å². The van der Waals surface area contributed by atoms with Crippen molar-refractivity contribution in [2.24, 2.45) is 0 Å². The van der Waals surface area contributed by atoms with Crippen molar-refractivity contribution in [2.75, 3.05) is 6.54 Å². The summed E-state index contributed by atoms with van der Waals surface area (Å²) in [6.07, 6.45) is 0. The van der Waals surface area contributed by atoms with Gasteiger partial charge in [0.2, 0.25) is 5.91 Å². The van der Waals surface area contributed by atoms with Crippen LogP contribution < -0.4 is 10.6 Å². The van der Waals surface area contributed by atoms with Crippen molar-refractivity contribution >= 4 is 27.7 Å². The molecule has 6 heteroatoms. The largest absolute Gasteiger partial charge is 0.459 e. The topological polar surface area (TPSA) is 71.3 Å². The number of nitrogens with one attached hydrogen (secondary N) is 2. The van der Waals surface area contributed by atoms with E-state index in [0.717, 1.165) is 26.9 Å². The van der Waals surface area contributed by atoms with Crippen LogP contribution >= 0.6 is 15.9 Å². The first-order valence-electron chi connectivity index (χ1n) is 8.89. The van der Waals surface area contributed by atoms with Crippen LogP contribution in [0.1, 0.15) is 27.2 Å². The molecule has 0 radical (unpaired) electrons. The maximum absolute atomic E-state index is 12.2. The Morgan fingerprint density at radius 3 is 2.39 bits per heavy atom. The highest BCUT2D eigenvalue weighted by Gasteiger charge is 2.10. The number of carbonyl (C=O) groups excluding carboxylic acids is 2. The minimum atomic E-state index is -0.279. The Bertz CT molecular complexity index is 993. The summed E-state index contributed by atoms with van der Waals surface area (Å²) in [4.78, 5) is 24.2. The van der Waals surface area contributed by atoms with E-state index in [1.165, 1.54) is 0 Å². The Balaban J connectivity index is 1.48. The third kappa shape index (κ3) is 5.10. The highest BCUT2D eigenvalue weighted by atomic mass is 79.9. The van der Waals surface area contributed by atoms with Gasteiger partial charge in [-0.2, -0.15) is 0 Å². The number of rotatable bonds is 6. The van der Waals surface area contributed by atoms with Crippen LogP contribution in [0, 0.1) is 13.8 Å². The van der Waals surface area contributed by atoms with Crippen LogP contribution in [0.2, 0.25) is 0 Å². The van der Waals surface area contributed by atoms with Crippen LogP contribution in [0.5, 0.6) is 0 Å². The standard InChI is InChI=1S/C22H21BrN2O3/c1-14-3-4-17(11-15(14)2)22(27)25-13-21(26)24-12-19-9-10-20(28-19)16-5-7-18(23)8-6-16/h3-11H,12-13H2,1-2H3,(H,24,26)(H,25,27). The maximum atomic E-state index is 12.2. The SMILES string of the molecule is Cc1ccc(C(=O)NCC(=O)NCc2ccc(-c3ccc(Br)cc3)o2)cc1C. The van der Waals surface area contributed by atoms with E-state index >= 15 is 0 Å². The molecular formula is C22H21BrN2O3. The van der Waals surface area contributed by atoms with Crippen molar-refractivity contribution in [1.29, 1.82) is 0 Å². The Labute approximate surface area is 172 Å². The van der Waals surface area contributed by atoms with Crippen LogP contribution in [0.25, 0.3) is 11.3 Å². The highest BCUT2D eigenvalue weighted by Crippen LogP contribution is 2.23. The summed E-state index contributed by atoms with van der Waals surface area (Å²) in [5.41, 5.74) is 3.66. The Morgan fingerprint density at radius 2 is 1.68 bits per heavy atom. The average Bonchev–Trinajstić information content (AvgIpc) is 3.16. The fourth-order valence-corrected chi connectivity index (χ4v) is 2.90. The smallest absolute Gasteiger partial charge is 0.251 e. The number of hydrogen-bond acceptors (Lipinski definition) is 3. The van der Waals surface area contributed by atoms with Crippen molar-refractivity contribution in [3.63, 3.8) is 0 Å². The van der Waals surface area contributed by atoms with Gasteiger partial charge in [0.05, 0.1) is 13.1 Å². The lowest BCUT2D eigenvalue weighted by atomic mass is 10.1. The van der Waals surface area contributed by atoms with Crippen LogP contribution in [0.4, 0.5) is 0 Å². The lowest BCUT2D eigenvalue weighted by Gasteiger charge is -2.07. The number of aryl methyl sites for hydroxylation is 2. The van der Waals surface area contributed by atoms with Crippen molar-refractivity contribution in [2.45, 2.75) is 20.4 Å². The average molecular weight is 441 g/mol. The molecule has 2 amide bonds. The van der Waals surface area contributed by atoms with E-state index in [0.29, 0.717) is 11.3 Å². The molecule has 5 nitrogen and oxygen atoms in total. The van der Waals surface area contributed by atoms with Gasteiger partial charge in [0.25, 0.3) is 5.91 Å². The Hall–Kier alpha value is -2.86. The monoisotopic (exact) mass is 440 g/mol. The molecule has 2 N–H and O–H groups in total. The van der Waals surface area contributed by atoms with Crippen LogP contribution in [0.15, 0.2) is 63.5 Å². The van der Waals surface area contributed by atoms with E-state index in [1.807, 2.05) is 62.4 Å². The number of carbonyl (C=O) groups is 2. The molecule has 0 aliphatic heterocycles. The molecule has 0 fully saturated rings. The van der Waals surface area contributed by atoms with Gasteiger partial charge < -0.3 is 15.1 Å². The Morgan fingerprint density at radius 1 is 0.929 bits per heavy atom. The predicted octanol–water partition coefficient (Wildman–Crippen LogP) is 4.37. The van der Waals surface area contributed by atoms with E-state index in [2.05, 4.69) is 26.6 Å². The predicted molar refractivity (Wildman–Crippen MR) is 112 cm³/mol. The molecule has 28 heavy (non-hydrogen) atoms. The second-order valence-corrected chi connectivity index (χ2v) is 7.45. The highest BCUT2D eigenvalue weighted by molar-refractivity contribution is 9.10. The van der Waals surface area contributed by atoms with Crippen molar-refractivity contribution in [3.8, 4) is 11.3 Å². The van der Waals surface area contributed by atoms with Gasteiger partial charge in [-0.3, -0.25) is 9.59 Å². The second kappa shape index (κ2) is 8.89. The molecular weight excluding hydrogens is 420 g/mol. The summed E-state index contributed by atoms with van der Waals surface area (Å²) in [6, 6.07) is 16.9. The zero-order valence-corrected chi connectivity index (χ0v) is 17.3. The number of furan rings is 1. The van der Waals surface area contributed by atoms with Crippen molar-refractivity contribution < 1.29 is 14.0 Å². The van der Waals surface area contributed by atoms with Crippen molar-refractivity contribution in [3.05, 3.63) is 81.5 Å². The van der Waals surface area contributed by atoms with Gasteiger partial charge >= 0.3 is 0 Å². The van der Waals surface area contributed by atoms with Gasteiger partial charge in [-0.1, -0.05) is 34.1 Å². The molecule has 0 aliphatic rings. The molecule has 3 rings (SSSR count). The van der Waals surface area contributed by atoms with E-state index in [-0.39, 0.29) is 24.9 Å². The summed E-state index contributed by atoms with van der Waals surface area (Å²) in [6.45, 7) is 4.10. The van der Waals surface area contributed by atoms with E-state index in [1.54, 1.807) is 6.07 Å². The van der Waals surface area contributed by atoms with Gasteiger partial charge in [-0.05, 0) is 61.4 Å². The van der Waals surface area contributed by atoms with E-state index < -0.39 is 0 Å². The maximum Gasteiger partial charge on any atom is 0.251 e. The zero-order chi connectivity index (χ0) is 20.1. The molecule has 0 saturated heterocycles. The number of hydrogen-bond donors (Lipinski definition) is 2. The molecule has 144 valence electrons. The minimum Gasteiger partial charge on any atom is -0.459 e. The number of benzene rings is 2. The normalized spacial score (nSPS) is 10.5. The first-order valence-corrected chi connectivity index (χ1v) is 9.68. The van der Waals surface area contributed by atoms with Gasteiger partial charge in [0, 0.05) is 15.6 Å². The lowest BCUT2D eigenvalue weighted by Crippen LogP contribution is -2.36. The summed E-state index contributed by atoms with van der Waals surface area (Å²) >= 11 is 3.40. The number of amides is 2. The first kappa shape index (κ1) is 19.9. The van der Waals surface area contributed by atoms with Gasteiger partial charge in [-0.25, -0.2) is 0 Å². The fraction of sp³-hybridized carbons (Fsp3) is 0.182. The third-order valence-corrected chi connectivity index (χ3v) is 4.96.